The fourth-order valence-corrected chi connectivity index (χ4v) is 2.24. The summed E-state index contributed by atoms with van der Waals surface area (Å²) in [6.07, 6.45) is 3.01. The van der Waals surface area contributed by atoms with Crippen molar-refractivity contribution in [1.29, 1.82) is 0 Å². The lowest BCUT2D eigenvalue weighted by Gasteiger charge is -2.04. The van der Waals surface area contributed by atoms with E-state index in [1.165, 1.54) is 18.0 Å². The summed E-state index contributed by atoms with van der Waals surface area (Å²) in [5.41, 5.74) is 0.213. The van der Waals surface area contributed by atoms with Crippen LogP contribution in [0.1, 0.15) is 17.4 Å². The maximum absolute atomic E-state index is 11.6. The van der Waals surface area contributed by atoms with Gasteiger partial charge in [0.1, 0.15) is 10.8 Å². The molecule has 0 aliphatic heterocycles. The number of aromatic nitrogens is 2. The SMILES string of the molecule is CCOC(=O)c1cncc(Sc2ccc(OC)cc2)n1. The van der Waals surface area contributed by atoms with Gasteiger partial charge in [0.15, 0.2) is 5.69 Å². The van der Waals surface area contributed by atoms with Crippen molar-refractivity contribution in [2.24, 2.45) is 0 Å². The Morgan fingerprint density at radius 1 is 1.25 bits per heavy atom. The summed E-state index contributed by atoms with van der Waals surface area (Å²) < 4.78 is 9.99. The van der Waals surface area contributed by atoms with Gasteiger partial charge < -0.3 is 9.47 Å². The number of methoxy groups -OCH3 is 1. The number of carbonyl (C=O) groups is 1. The highest BCUT2D eigenvalue weighted by Gasteiger charge is 2.10. The highest BCUT2D eigenvalue weighted by atomic mass is 32.2. The molecular weight excluding hydrogens is 276 g/mol. The number of hydrogen-bond acceptors (Lipinski definition) is 6. The summed E-state index contributed by atoms with van der Waals surface area (Å²) in [6.45, 7) is 2.07. The molecule has 0 aliphatic rings. The maximum atomic E-state index is 11.6. The zero-order valence-corrected chi connectivity index (χ0v) is 12.0. The van der Waals surface area contributed by atoms with Crippen molar-refractivity contribution in [2.75, 3.05) is 13.7 Å². The normalized spacial score (nSPS) is 10.1. The number of esters is 1. The minimum Gasteiger partial charge on any atom is -0.497 e. The van der Waals surface area contributed by atoms with Crippen LogP contribution in [0.2, 0.25) is 0 Å². The number of ether oxygens (including phenoxy) is 2. The molecule has 0 atom stereocenters. The van der Waals surface area contributed by atoms with Crippen molar-refractivity contribution in [3.63, 3.8) is 0 Å². The molecule has 0 saturated heterocycles. The van der Waals surface area contributed by atoms with Crippen LogP contribution >= 0.6 is 11.8 Å². The van der Waals surface area contributed by atoms with Crippen LogP contribution < -0.4 is 4.74 Å². The van der Waals surface area contributed by atoms with Gasteiger partial charge in [-0.3, -0.25) is 4.98 Å². The molecule has 1 aromatic carbocycles. The second-order valence-corrected chi connectivity index (χ2v) is 4.83. The quantitative estimate of drug-likeness (QED) is 0.789. The van der Waals surface area contributed by atoms with Gasteiger partial charge in [-0.05, 0) is 31.2 Å². The third-order valence-electron chi connectivity index (χ3n) is 2.38. The van der Waals surface area contributed by atoms with E-state index < -0.39 is 5.97 Å². The van der Waals surface area contributed by atoms with E-state index in [1.807, 2.05) is 24.3 Å². The van der Waals surface area contributed by atoms with Crippen molar-refractivity contribution in [3.8, 4) is 5.75 Å². The molecule has 2 rings (SSSR count). The number of benzene rings is 1. The predicted octanol–water partition coefficient (Wildman–Crippen LogP) is 2.81. The van der Waals surface area contributed by atoms with Gasteiger partial charge >= 0.3 is 5.97 Å². The lowest BCUT2D eigenvalue weighted by atomic mass is 10.3. The minimum atomic E-state index is -0.461. The summed E-state index contributed by atoms with van der Waals surface area (Å²) in [5, 5.41) is 0.640. The van der Waals surface area contributed by atoms with Crippen LogP contribution in [0.15, 0.2) is 46.6 Å². The van der Waals surface area contributed by atoms with E-state index in [9.17, 15) is 4.79 Å². The van der Waals surface area contributed by atoms with Gasteiger partial charge in [-0.2, -0.15) is 0 Å². The number of nitrogens with zero attached hydrogens (tertiary/aromatic N) is 2. The molecule has 2 aromatic rings. The van der Waals surface area contributed by atoms with Crippen LogP contribution in [0.3, 0.4) is 0 Å². The molecular formula is C14H14N2O3S. The van der Waals surface area contributed by atoms with Crippen LogP contribution in [0.5, 0.6) is 5.75 Å². The largest absolute Gasteiger partial charge is 0.497 e. The molecule has 0 unspecified atom stereocenters. The standard InChI is InChI=1S/C14H14N2O3S/c1-3-19-14(17)12-8-15-9-13(16-12)20-11-6-4-10(18-2)5-7-11/h4-9H,3H2,1-2H3. The molecule has 0 saturated carbocycles. The van der Waals surface area contributed by atoms with E-state index in [1.54, 1.807) is 20.2 Å². The highest BCUT2D eigenvalue weighted by Crippen LogP contribution is 2.27. The van der Waals surface area contributed by atoms with Crippen LogP contribution in [0.25, 0.3) is 0 Å². The highest BCUT2D eigenvalue weighted by molar-refractivity contribution is 7.99. The van der Waals surface area contributed by atoms with Crippen molar-refractivity contribution < 1.29 is 14.3 Å². The van der Waals surface area contributed by atoms with Crippen molar-refractivity contribution in [1.82, 2.24) is 9.97 Å². The second-order valence-electron chi connectivity index (χ2n) is 3.74. The molecule has 0 N–H and O–H groups in total. The first kappa shape index (κ1) is 14.3. The molecule has 5 nitrogen and oxygen atoms in total. The number of rotatable bonds is 5. The van der Waals surface area contributed by atoms with Gasteiger partial charge in [0.25, 0.3) is 0 Å². The van der Waals surface area contributed by atoms with E-state index in [-0.39, 0.29) is 5.69 Å². The molecule has 20 heavy (non-hydrogen) atoms. The Bertz CT molecular complexity index is 587. The molecule has 0 fully saturated rings. The maximum Gasteiger partial charge on any atom is 0.358 e. The monoisotopic (exact) mass is 290 g/mol. The van der Waals surface area contributed by atoms with Gasteiger partial charge in [-0.25, -0.2) is 9.78 Å². The average Bonchev–Trinajstić information content (AvgIpc) is 2.48. The van der Waals surface area contributed by atoms with Gasteiger partial charge in [0, 0.05) is 4.90 Å². The summed E-state index contributed by atoms with van der Waals surface area (Å²) in [4.78, 5) is 20.8. The number of hydrogen-bond donors (Lipinski definition) is 0. The topological polar surface area (TPSA) is 61.3 Å². The van der Waals surface area contributed by atoms with Crippen LogP contribution in [-0.2, 0) is 4.74 Å². The zero-order chi connectivity index (χ0) is 14.4. The van der Waals surface area contributed by atoms with Crippen molar-refractivity contribution in [3.05, 3.63) is 42.4 Å². The summed E-state index contributed by atoms with van der Waals surface area (Å²) >= 11 is 1.42. The van der Waals surface area contributed by atoms with E-state index in [0.29, 0.717) is 11.6 Å². The fourth-order valence-electron chi connectivity index (χ4n) is 1.47. The Morgan fingerprint density at radius 2 is 2.00 bits per heavy atom. The molecule has 1 heterocycles. The Labute approximate surface area is 121 Å². The van der Waals surface area contributed by atoms with Crippen LogP contribution in [0.4, 0.5) is 0 Å². The first-order valence-corrected chi connectivity index (χ1v) is 6.85. The third-order valence-corrected chi connectivity index (χ3v) is 3.29. The first-order valence-electron chi connectivity index (χ1n) is 6.04. The molecule has 0 bridgehead atoms. The summed E-state index contributed by atoms with van der Waals surface area (Å²) in [7, 11) is 1.62. The van der Waals surface area contributed by atoms with E-state index in [0.717, 1.165) is 10.6 Å². The van der Waals surface area contributed by atoms with Crippen LogP contribution in [0, 0.1) is 0 Å². The van der Waals surface area contributed by atoms with E-state index in [4.69, 9.17) is 9.47 Å². The average molecular weight is 290 g/mol. The Hall–Kier alpha value is -2.08. The lowest BCUT2D eigenvalue weighted by Crippen LogP contribution is -2.07. The van der Waals surface area contributed by atoms with Gasteiger partial charge in [0.2, 0.25) is 0 Å². The molecule has 6 heteroatoms. The Morgan fingerprint density at radius 3 is 2.65 bits per heavy atom. The predicted molar refractivity (Wildman–Crippen MR) is 75.1 cm³/mol. The minimum absolute atomic E-state index is 0.213. The Balaban J connectivity index is 2.12. The Kier molecular flexibility index (Phi) is 4.95. The van der Waals surface area contributed by atoms with Crippen LogP contribution in [-0.4, -0.2) is 29.7 Å². The molecule has 104 valence electrons. The van der Waals surface area contributed by atoms with E-state index in [2.05, 4.69) is 9.97 Å². The molecule has 0 aliphatic carbocycles. The molecule has 1 aromatic heterocycles. The fraction of sp³-hybridized carbons (Fsp3) is 0.214. The molecule has 0 spiro atoms. The molecule has 0 radical (unpaired) electrons. The zero-order valence-electron chi connectivity index (χ0n) is 11.2. The van der Waals surface area contributed by atoms with Gasteiger partial charge in [0.05, 0.1) is 26.1 Å². The summed E-state index contributed by atoms with van der Waals surface area (Å²) in [5.74, 6) is 0.331. The molecule has 0 amide bonds. The lowest BCUT2D eigenvalue weighted by molar-refractivity contribution is 0.0518. The summed E-state index contributed by atoms with van der Waals surface area (Å²) in [6, 6.07) is 7.57. The van der Waals surface area contributed by atoms with E-state index >= 15 is 0 Å². The van der Waals surface area contributed by atoms with Gasteiger partial charge in [-0.15, -0.1) is 0 Å². The smallest absolute Gasteiger partial charge is 0.358 e. The number of carbonyl (C=O) groups excluding carboxylic acids is 1. The van der Waals surface area contributed by atoms with Crippen molar-refractivity contribution in [2.45, 2.75) is 16.8 Å². The van der Waals surface area contributed by atoms with Gasteiger partial charge in [-0.1, -0.05) is 11.8 Å². The third kappa shape index (κ3) is 3.71. The van der Waals surface area contributed by atoms with Crippen molar-refractivity contribution >= 4 is 17.7 Å². The second kappa shape index (κ2) is 6.91. The first-order chi connectivity index (χ1) is 9.72.